The van der Waals surface area contributed by atoms with Crippen LogP contribution in [0, 0.1) is 13.0 Å². The Morgan fingerprint density at radius 1 is 1.27 bits per heavy atom. The molecule has 0 aliphatic heterocycles. The zero-order valence-corrected chi connectivity index (χ0v) is 9.89. The van der Waals surface area contributed by atoms with E-state index in [0.717, 1.165) is 12.7 Å². The molecule has 60 valence electrons. The van der Waals surface area contributed by atoms with Gasteiger partial charge in [0, 0.05) is 13.7 Å². The molecule has 1 nitrogen and oxygen atoms in total. The van der Waals surface area contributed by atoms with E-state index in [2.05, 4.69) is 45.2 Å². The second kappa shape index (κ2) is 3.99. The van der Waals surface area contributed by atoms with Crippen molar-refractivity contribution in [1.29, 1.82) is 0 Å². The Morgan fingerprint density at radius 3 is 2.09 bits per heavy atom. The summed E-state index contributed by atoms with van der Waals surface area (Å²) in [6.07, 6.45) is 0. The van der Waals surface area contributed by atoms with Crippen LogP contribution in [0.15, 0.2) is 12.1 Å². The molecule has 2 N–H and O–H groups in total. The lowest BCUT2D eigenvalue weighted by Crippen LogP contribution is -2.02. The van der Waals surface area contributed by atoms with Gasteiger partial charge in [0.1, 0.15) is 5.82 Å². The van der Waals surface area contributed by atoms with Crippen LogP contribution >= 0.6 is 45.2 Å². The summed E-state index contributed by atoms with van der Waals surface area (Å²) >= 11 is 4.17. The molecule has 0 spiro atoms. The fraction of sp³-hybridized carbons (Fsp3) is 0.143. The maximum absolute atomic E-state index is 12.7. The largest absolute Gasteiger partial charge is 0.326 e. The summed E-state index contributed by atoms with van der Waals surface area (Å²) in [4.78, 5) is 0. The lowest BCUT2D eigenvalue weighted by molar-refractivity contribution is 0.624. The molecular formula is C7H6FI2N. The van der Waals surface area contributed by atoms with Crippen LogP contribution < -0.4 is 5.73 Å². The van der Waals surface area contributed by atoms with E-state index >= 15 is 0 Å². The third-order valence-electron chi connectivity index (χ3n) is 1.31. The van der Waals surface area contributed by atoms with Crippen LogP contribution in [0.25, 0.3) is 0 Å². The van der Waals surface area contributed by atoms with E-state index in [9.17, 15) is 4.39 Å². The predicted octanol–water partition coefficient (Wildman–Crippen LogP) is 2.49. The third-order valence-corrected chi connectivity index (χ3v) is 3.23. The van der Waals surface area contributed by atoms with Crippen LogP contribution in [0.1, 0.15) is 5.56 Å². The molecule has 1 aromatic carbocycles. The van der Waals surface area contributed by atoms with Crippen molar-refractivity contribution in [2.75, 3.05) is 0 Å². The normalized spacial score (nSPS) is 10.2. The average molecular weight is 377 g/mol. The summed E-state index contributed by atoms with van der Waals surface area (Å²) in [6, 6.07) is 2.98. The zero-order valence-electron chi connectivity index (χ0n) is 5.57. The van der Waals surface area contributed by atoms with Gasteiger partial charge in [0.05, 0.1) is 0 Å². The molecule has 0 saturated carbocycles. The second-order valence-electron chi connectivity index (χ2n) is 2.05. The highest BCUT2D eigenvalue weighted by atomic mass is 127. The fourth-order valence-corrected chi connectivity index (χ4v) is 2.90. The summed E-state index contributed by atoms with van der Waals surface area (Å²) in [6.45, 7) is 0.469. The number of hydrogen-bond donors (Lipinski definition) is 1. The minimum atomic E-state index is -0.198. The summed E-state index contributed by atoms with van der Waals surface area (Å²) in [5.41, 5.74) is 6.49. The van der Waals surface area contributed by atoms with Gasteiger partial charge in [0.15, 0.2) is 0 Å². The summed E-state index contributed by atoms with van der Waals surface area (Å²) in [5, 5.41) is 0. The van der Waals surface area contributed by atoms with Crippen molar-refractivity contribution >= 4 is 45.2 Å². The molecule has 0 saturated heterocycles. The Bertz CT molecular complexity index is 252. The molecule has 0 bridgehead atoms. The maximum atomic E-state index is 12.7. The molecule has 0 fully saturated rings. The van der Waals surface area contributed by atoms with Crippen LogP contribution in [0.4, 0.5) is 4.39 Å². The highest BCUT2D eigenvalue weighted by molar-refractivity contribution is 14.1. The highest BCUT2D eigenvalue weighted by Gasteiger charge is 2.04. The minimum Gasteiger partial charge on any atom is -0.326 e. The van der Waals surface area contributed by atoms with Gasteiger partial charge in [-0.2, -0.15) is 0 Å². The van der Waals surface area contributed by atoms with Gasteiger partial charge in [-0.05, 0) is 62.9 Å². The van der Waals surface area contributed by atoms with E-state index in [-0.39, 0.29) is 5.82 Å². The predicted molar refractivity (Wildman–Crippen MR) is 59.7 cm³/mol. The number of halogens is 3. The first-order valence-electron chi connectivity index (χ1n) is 2.98. The van der Waals surface area contributed by atoms with Crippen LogP contribution in [0.5, 0.6) is 0 Å². The van der Waals surface area contributed by atoms with E-state index < -0.39 is 0 Å². The minimum absolute atomic E-state index is 0.198. The lowest BCUT2D eigenvalue weighted by atomic mass is 10.2. The van der Waals surface area contributed by atoms with Gasteiger partial charge in [-0.25, -0.2) is 4.39 Å². The number of rotatable bonds is 1. The van der Waals surface area contributed by atoms with Gasteiger partial charge in [0.25, 0.3) is 0 Å². The van der Waals surface area contributed by atoms with Crippen molar-refractivity contribution in [3.05, 3.63) is 30.7 Å². The first-order chi connectivity index (χ1) is 5.15. The quantitative estimate of drug-likeness (QED) is 0.749. The van der Waals surface area contributed by atoms with E-state index in [1.54, 1.807) is 0 Å². The molecule has 0 aliphatic rings. The molecule has 0 unspecified atom stereocenters. The van der Waals surface area contributed by atoms with Crippen molar-refractivity contribution in [3.8, 4) is 0 Å². The molecular weight excluding hydrogens is 371 g/mol. The smallest absolute Gasteiger partial charge is 0.125 e. The van der Waals surface area contributed by atoms with Crippen LogP contribution in [0.2, 0.25) is 0 Å². The summed E-state index contributed by atoms with van der Waals surface area (Å²) in [5.74, 6) is -0.198. The first-order valence-corrected chi connectivity index (χ1v) is 5.14. The van der Waals surface area contributed by atoms with Gasteiger partial charge in [-0.15, -0.1) is 0 Å². The van der Waals surface area contributed by atoms with Crippen LogP contribution in [-0.2, 0) is 6.54 Å². The maximum Gasteiger partial charge on any atom is 0.125 e. The number of nitrogens with two attached hydrogens (primary N) is 1. The van der Waals surface area contributed by atoms with Crippen molar-refractivity contribution in [2.45, 2.75) is 6.54 Å². The van der Waals surface area contributed by atoms with Crippen molar-refractivity contribution in [2.24, 2.45) is 5.73 Å². The third kappa shape index (κ3) is 2.25. The zero-order chi connectivity index (χ0) is 8.43. The standard InChI is InChI=1S/C7H6FI2N/c8-4-1-6(9)5(3-11)7(10)2-4/h1-2H,3,11H2. The molecule has 0 aliphatic carbocycles. The van der Waals surface area contributed by atoms with Crippen molar-refractivity contribution in [3.63, 3.8) is 0 Å². The first kappa shape index (κ1) is 9.66. The highest BCUT2D eigenvalue weighted by Crippen LogP contribution is 2.19. The fourth-order valence-electron chi connectivity index (χ4n) is 0.767. The second-order valence-corrected chi connectivity index (χ2v) is 4.38. The SMILES string of the molecule is NCc1c(I)cc(F)cc1I. The van der Waals surface area contributed by atoms with Crippen LogP contribution in [0.3, 0.4) is 0 Å². The van der Waals surface area contributed by atoms with E-state index in [1.807, 2.05) is 0 Å². The average Bonchev–Trinajstić information content (AvgIpc) is 1.85. The summed E-state index contributed by atoms with van der Waals surface area (Å²) < 4.78 is 14.5. The van der Waals surface area contributed by atoms with Crippen molar-refractivity contribution < 1.29 is 4.39 Å². The van der Waals surface area contributed by atoms with Crippen molar-refractivity contribution in [1.82, 2.24) is 0 Å². The molecule has 0 aromatic heterocycles. The van der Waals surface area contributed by atoms with Gasteiger partial charge in [-0.1, -0.05) is 0 Å². The molecule has 0 atom stereocenters. The molecule has 1 rings (SSSR count). The number of hydrogen-bond acceptors (Lipinski definition) is 1. The van der Waals surface area contributed by atoms with Gasteiger partial charge in [0.2, 0.25) is 0 Å². The van der Waals surface area contributed by atoms with Gasteiger partial charge >= 0.3 is 0 Å². The topological polar surface area (TPSA) is 26.0 Å². The van der Waals surface area contributed by atoms with E-state index in [4.69, 9.17) is 5.73 Å². The molecule has 1 aromatic rings. The molecule has 0 heterocycles. The van der Waals surface area contributed by atoms with Gasteiger partial charge in [-0.3, -0.25) is 0 Å². The Kier molecular flexibility index (Phi) is 3.51. The molecule has 4 heteroatoms. The van der Waals surface area contributed by atoms with Crippen LogP contribution in [-0.4, -0.2) is 0 Å². The lowest BCUT2D eigenvalue weighted by Gasteiger charge is -2.03. The van der Waals surface area contributed by atoms with E-state index in [0.29, 0.717) is 6.54 Å². The Balaban J connectivity index is 3.25. The van der Waals surface area contributed by atoms with E-state index in [1.165, 1.54) is 12.1 Å². The Labute approximate surface area is 91.8 Å². The Hall–Kier alpha value is 0.570. The molecule has 11 heavy (non-hydrogen) atoms. The summed E-state index contributed by atoms with van der Waals surface area (Å²) in [7, 11) is 0. The molecule has 0 radical (unpaired) electrons. The molecule has 0 amide bonds. The van der Waals surface area contributed by atoms with Gasteiger partial charge < -0.3 is 5.73 Å². The monoisotopic (exact) mass is 377 g/mol. The Morgan fingerprint density at radius 2 is 1.73 bits per heavy atom. The number of benzene rings is 1.